The van der Waals surface area contributed by atoms with E-state index in [0.29, 0.717) is 0 Å². The molecule has 9 heteroatoms. The number of urea groups is 1. The summed E-state index contributed by atoms with van der Waals surface area (Å²) in [7, 11) is -3.93. The number of sulfonamides is 1. The molecule has 0 saturated carbocycles. The zero-order chi connectivity index (χ0) is 18.4. The van der Waals surface area contributed by atoms with Crippen molar-refractivity contribution in [2.75, 3.05) is 13.1 Å². The molecule has 0 heterocycles. The number of carbonyl (C=O) groups excluding carboxylic acids is 2. The maximum atomic E-state index is 12.0. The van der Waals surface area contributed by atoms with E-state index in [-0.39, 0.29) is 18.0 Å². The Morgan fingerprint density at radius 3 is 2.12 bits per heavy atom. The van der Waals surface area contributed by atoms with Gasteiger partial charge in [-0.05, 0) is 39.8 Å². The highest BCUT2D eigenvalue weighted by molar-refractivity contribution is 7.90. The number of benzene rings is 1. The average molecular weight is 357 g/mol. The number of nitrogens with one attached hydrogen (secondary N) is 3. The van der Waals surface area contributed by atoms with E-state index in [0.717, 1.165) is 5.56 Å². The first-order chi connectivity index (χ1) is 11.0. The first-order valence-electron chi connectivity index (χ1n) is 7.34. The highest BCUT2D eigenvalue weighted by atomic mass is 32.2. The van der Waals surface area contributed by atoms with Gasteiger partial charge in [-0.2, -0.15) is 0 Å². The van der Waals surface area contributed by atoms with Crippen molar-refractivity contribution in [1.29, 1.82) is 0 Å². The lowest BCUT2D eigenvalue weighted by atomic mass is 10.2. The van der Waals surface area contributed by atoms with Gasteiger partial charge in [0.15, 0.2) is 0 Å². The third-order valence-electron chi connectivity index (χ3n) is 2.64. The van der Waals surface area contributed by atoms with Gasteiger partial charge in [0, 0.05) is 13.1 Å². The fourth-order valence-electron chi connectivity index (χ4n) is 1.59. The Hall–Kier alpha value is -2.29. The zero-order valence-corrected chi connectivity index (χ0v) is 15.0. The van der Waals surface area contributed by atoms with Crippen LogP contribution in [-0.4, -0.2) is 39.2 Å². The van der Waals surface area contributed by atoms with E-state index >= 15 is 0 Å². The summed E-state index contributed by atoms with van der Waals surface area (Å²) in [6.45, 7) is 7.17. The molecule has 0 aliphatic carbocycles. The zero-order valence-electron chi connectivity index (χ0n) is 14.2. The van der Waals surface area contributed by atoms with Gasteiger partial charge in [0.2, 0.25) is 0 Å². The Morgan fingerprint density at radius 2 is 1.58 bits per heavy atom. The van der Waals surface area contributed by atoms with Crippen molar-refractivity contribution < 1.29 is 22.7 Å². The molecule has 0 radical (unpaired) electrons. The number of hydrogen-bond donors (Lipinski definition) is 3. The van der Waals surface area contributed by atoms with Crippen molar-refractivity contribution in [3.05, 3.63) is 29.8 Å². The summed E-state index contributed by atoms with van der Waals surface area (Å²) in [6.07, 6.45) is -0.614. The molecular weight excluding hydrogens is 334 g/mol. The Bertz CT molecular complexity index is 678. The van der Waals surface area contributed by atoms with Gasteiger partial charge in [-0.15, -0.1) is 0 Å². The van der Waals surface area contributed by atoms with Gasteiger partial charge in [-0.25, -0.2) is 22.7 Å². The standard InChI is InChI=1S/C15H23N3O5S/c1-11-5-7-12(8-6-11)24(21,22)18-13(19)16-9-10-17-14(20)23-15(2,3)4/h5-8H,9-10H2,1-4H3,(H,17,20)(H2,16,18,19). The maximum absolute atomic E-state index is 12.0. The molecule has 0 bridgehead atoms. The van der Waals surface area contributed by atoms with Crippen molar-refractivity contribution >= 4 is 22.1 Å². The molecule has 0 aliphatic heterocycles. The molecule has 24 heavy (non-hydrogen) atoms. The van der Waals surface area contributed by atoms with E-state index in [2.05, 4.69) is 10.6 Å². The van der Waals surface area contributed by atoms with Crippen LogP contribution in [0.5, 0.6) is 0 Å². The van der Waals surface area contributed by atoms with Crippen molar-refractivity contribution in [3.63, 3.8) is 0 Å². The first-order valence-corrected chi connectivity index (χ1v) is 8.82. The number of aryl methyl sites for hydroxylation is 1. The minimum atomic E-state index is -3.93. The van der Waals surface area contributed by atoms with Crippen LogP contribution in [0.3, 0.4) is 0 Å². The maximum Gasteiger partial charge on any atom is 0.407 e. The summed E-state index contributed by atoms with van der Waals surface area (Å²) in [4.78, 5) is 23.0. The summed E-state index contributed by atoms with van der Waals surface area (Å²) >= 11 is 0. The largest absolute Gasteiger partial charge is 0.444 e. The van der Waals surface area contributed by atoms with Crippen LogP contribution in [0.2, 0.25) is 0 Å². The lowest BCUT2D eigenvalue weighted by Crippen LogP contribution is -2.43. The molecule has 3 N–H and O–H groups in total. The molecule has 8 nitrogen and oxygen atoms in total. The van der Waals surface area contributed by atoms with Gasteiger partial charge in [0.25, 0.3) is 10.0 Å². The second-order valence-corrected chi connectivity index (χ2v) is 7.79. The monoisotopic (exact) mass is 357 g/mol. The summed E-state index contributed by atoms with van der Waals surface area (Å²) in [6, 6.07) is 5.22. The number of rotatable bonds is 5. The van der Waals surface area contributed by atoms with Crippen LogP contribution in [0.4, 0.5) is 9.59 Å². The molecule has 134 valence electrons. The number of hydrogen-bond acceptors (Lipinski definition) is 5. The summed E-state index contributed by atoms with van der Waals surface area (Å²) in [5.74, 6) is 0. The van der Waals surface area contributed by atoms with Gasteiger partial charge in [-0.1, -0.05) is 17.7 Å². The molecule has 0 aliphatic rings. The van der Waals surface area contributed by atoms with E-state index in [1.165, 1.54) is 12.1 Å². The van der Waals surface area contributed by atoms with Gasteiger partial charge in [0.05, 0.1) is 4.90 Å². The number of ether oxygens (including phenoxy) is 1. The van der Waals surface area contributed by atoms with E-state index in [4.69, 9.17) is 4.74 Å². The van der Waals surface area contributed by atoms with E-state index in [9.17, 15) is 18.0 Å². The van der Waals surface area contributed by atoms with Crippen LogP contribution < -0.4 is 15.4 Å². The van der Waals surface area contributed by atoms with Crippen LogP contribution in [-0.2, 0) is 14.8 Å². The first kappa shape index (κ1) is 19.8. The van der Waals surface area contributed by atoms with Gasteiger partial charge in [-0.3, -0.25) is 0 Å². The van der Waals surface area contributed by atoms with Crippen LogP contribution in [0.25, 0.3) is 0 Å². The Kier molecular flexibility index (Phi) is 6.59. The normalized spacial score (nSPS) is 11.5. The SMILES string of the molecule is Cc1ccc(S(=O)(=O)NC(=O)NCCNC(=O)OC(C)(C)C)cc1. The number of alkyl carbamates (subject to hydrolysis) is 1. The van der Waals surface area contributed by atoms with E-state index in [1.54, 1.807) is 32.9 Å². The quantitative estimate of drug-likeness (QED) is 0.691. The summed E-state index contributed by atoms with van der Waals surface area (Å²) in [5, 5.41) is 4.78. The van der Waals surface area contributed by atoms with Crippen LogP contribution in [0.15, 0.2) is 29.2 Å². The summed E-state index contributed by atoms with van der Waals surface area (Å²) < 4.78 is 30.9. The predicted octanol–water partition coefficient (Wildman–Crippen LogP) is 1.51. The van der Waals surface area contributed by atoms with E-state index < -0.39 is 27.7 Å². The second kappa shape index (κ2) is 8.00. The smallest absolute Gasteiger partial charge is 0.407 e. The predicted molar refractivity (Wildman–Crippen MR) is 89.1 cm³/mol. The highest BCUT2D eigenvalue weighted by Gasteiger charge is 2.18. The van der Waals surface area contributed by atoms with Crippen LogP contribution >= 0.6 is 0 Å². The molecule has 0 spiro atoms. The summed E-state index contributed by atoms with van der Waals surface area (Å²) in [5.41, 5.74) is 0.295. The fraction of sp³-hybridized carbons (Fsp3) is 0.467. The third-order valence-corrected chi connectivity index (χ3v) is 3.98. The van der Waals surface area contributed by atoms with Gasteiger partial charge < -0.3 is 15.4 Å². The topological polar surface area (TPSA) is 114 Å². The third kappa shape index (κ3) is 7.32. The minimum Gasteiger partial charge on any atom is -0.444 e. The van der Waals surface area contributed by atoms with Gasteiger partial charge >= 0.3 is 12.1 Å². The molecule has 0 saturated heterocycles. The molecule has 0 fully saturated rings. The van der Waals surface area contributed by atoms with Crippen LogP contribution in [0.1, 0.15) is 26.3 Å². The van der Waals surface area contributed by atoms with Gasteiger partial charge in [0.1, 0.15) is 5.60 Å². The number of amides is 3. The molecule has 0 atom stereocenters. The molecule has 0 aromatic heterocycles. The number of carbonyl (C=O) groups is 2. The molecule has 1 rings (SSSR count). The lowest BCUT2D eigenvalue weighted by molar-refractivity contribution is 0.0528. The Balaban J connectivity index is 2.38. The van der Waals surface area contributed by atoms with Crippen molar-refractivity contribution in [2.24, 2.45) is 0 Å². The van der Waals surface area contributed by atoms with Crippen LogP contribution in [0, 0.1) is 6.92 Å². The molecule has 0 unspecified atom stereocenters. The Morgan fingerprint density at radius 1 is 1.04 bits per heavy atom. The average Bonchev–Trinajstić information content (AvgIpc) is 2.41. The molecular formula is C15H23N3O5S. The highest BCUT2D eigenvalue weighted by Crippen LogP contribution is 2.09. The van der Waals surface area contributed by atoms with Crippen molar-refractivity contribution in [2.45, 2.75) is 38.2 Å². The molecule has 1 aromatic rings. The van der Waals surface area contributed by atoms with Crippen molar-refractivity contribution in [3.8, 4) is 0 Å². The van der Waals surface area contributed by atoms with Crippen molar-refractivity contribution in [1.82, 2.24) is 15.4 Å². The minimum absolute atomic E-state index is 0.00451. The Labute approximate surface area is 142 Å². The molecule has 3 amide bonds. The molecule has 1 aromatic carbocycles. The fourth-order valence-corrected chi connectivity index (χ4v) is 2.52. The van der Waals surface area contributed by atoms with E-state index in [1.807, 2.05) is 11.6 Å². The second-order valence-electron chi connectivity index (χ2n) is 6.10. The lowest BCUT2D eigenvalue weighted by Gasteiger charge is -2.19.